The molecule has 1 saturated heterocycles. The number of hydrogen-bond acceptors (Lipinski definition) is 4. The van der Waals surface area contributed by atoms with Crippen molar-refractivity contribution in [1.29, 1.82) is 0 Å². The van der Waals surface area contributed by atoms with E-state index in [1.54, 1.807) is 6.20 Å². The van der Waals surface area contributed by atoms with E-state index in [4.69, 9.17) is 0 Å². The summed E-state index contributed by atoms with van der Waals surface area (Å²) in [4.78, 5) is 4.19. The number of thioether (sulfide) groups is 1. The molecule has 0 bridgehead atoms. The molecule has 0 amide bonds. The van der Waals surface area contributed by atoms with Gasteiger partial charge in [0.05, 0.1) is 0 Å². The van der Waals surface area contributed by atoms with Crippen molar-refractivity contribution in [3.05, 3.63) is 24.5 Å². The molecule has 1 N–H and O–H groups in total. The van der Waals surface area contributed by atoms with Crippen LogP contribution in [-0.4, -0.2) is 32.9 Å². The molecule has 2 aromatic rings. The molecule has 84 valence electrons. The van der Waals surface area contributed by atoms with Gasteiger partial charge in [-0.15, -0.1) is 11.8 Å². The number of piperidine rings is 1. The molecule has 0 aromatic carbocycles. The van der Waals surface area contributed by atoms with Crippen LogP contribution in [0.4, 0.5) is 0 Å². The van der Waals surface area contributed by atoms with Crippen LogP contribution in [0.2, 0.25) is 0 Å². The van der Waals surface area contributed by atoms with Crippen molar-refractivity contribution < 1.29 is 0 Å². The summed E-state index contributed by atoms with van der Waals surface area (Å²) in [5, 5.41) is 9.70. The molecule has 1 fully saturated rings. The van der Waals surface area contributed by atoms with Gasteiger partial charge >= 0.3 is 0 Å². The third-order valence-electron chi connectivity index (χ3n) is 2.80. The van der Waals surface area contributed by atoms with Crippen LogP contribution < -0.4 is 5.32 Å². The van der Waals surface area contributed by atoms with E-state index in [9.17, 15) is 0 Å². The van der Waals surface area contributed by atoms with Gasteiger partial charge in [0, 0.05) is 17.6 Å². The minimum atomic E-state index is 0.703. The van der Waals surface area contributed by atoms with Crippen molar-refractivity contribution in [2.45, 2.75) is 23.1 Å². The van der Waals surface area contributed by atoms with Gasteiger partial charge in [-0.25, -0.2) is 9.50 Å². The molecular formula is C11H14N4S. The Morgan fingerprint density at radius 3 is 3.06 bits per heavy atom. The molecule has 0 saturated carbocycles. The topological polar surface area (TPSA) is 42.2 Å². The number of nitrogens with one attached hydrogen (secondary N) is 1. The van der Waals surface area contributed by atoms with E-state index in [-0.39, 0.29) is 0 Å². The van der Waals surface area contributed by atoms with Crippen LogP contribution in [0.15, 0.2) is 29.6 Å². The molecular weight excluding hydrogens is 220 g/mol. The predicted molar refractivity (Wildman–Crippen MR) is 64.7 cm³/mol. The molecule has 16 heavy (non-hydrogen) atoms. The van der Waals surface area contributed by atoms with E-state index in [1.807, 2.05) is 28.5 Å². The fourth-order valence-electron chi connectivity index (χ4n) is 1.94. The minimum absolute atomic E-state index is 0.703. The molecule has 3 heterocycles. The fourth-order valence-corrected chi connectivity index (χ4v) is 3.04. The molecule has 0 radical (unpaired) electrons. The maximum atomic E-state index is 4.53. The molecule has 0 atom stereocenters. The van der Waals surface area contributed by atoms with Crippen molar-refractivity contribution in [2.75, 3.05) is 13.1 Å². The smallest absolute Gasteiger partial charge is 0.153 e. The molecule has 0 unspecified atom stereocenters. The Bertz CT molecular complexity index is 476. The minimum Gasteiger partial charge on any atom is -0.317 e. The van der Waals surface area contributed by atoms with Crippen LogP contribution in [-0.2, 0) is 0 Å². The van der Waals surface area contributed by atoms with Gasteiger partial charge in [0.25, 0.3) is 0 Å². The number of imidazole rings is 1. The molecule has 3 rings (SSSR count). The Morgan fingerprint density at radius 2 is 2.19 bits per heavy atom. The highest BCUT2D eigenvalue weighted by Crippen LogP contribution is 2.26. The van der Waals surface area contributed by atoms with Gasteiger partial charge < -0.3 is 5.32 Å². The standard InChI is InChI=1S/C11H14N4S/c1-2-11(14-15-8-7-13-10(1)15)16-9-3-5-12-6-4-9/h1-2,7-9,12H,3-6H2. The molecule has 5 heteroatoms. The van der Waals surface area contributed by atoms with E-state index in [2.05, 4.69) is 21.5 Å². The van der Waals surface area contributed by atoms with Crippen LogP contribution in [0.1, 0.15) is 12.8 Å². The summed E-state index contributed by atoms with van der Waals surface area (Å²) in [7, 11) is 0. The van der Waals surface area contributed by atoms with E-state index in [0.717, 1.165) is 23.8 Å². The highest BCUT2D eigenvalue weighted by Gasteiger charge is 2.15. The second kappa shape index (κ2) is 4.43. The third-order valence-corrected chi connectivity index (χ3v) is 4.07. The average Bonchev–Trinajstić information content (AvgIpc) is 2.77. The molecule has 2 aromatic heterocycles. The summed E-state index contributed by atoms with van der Waals surface area (Å²) in [6, 6.07) is 4.09. The Kier molecular flexibility index (Phi) is 2.80. The maximum Gasteiger partial charge on any atom is 0.153 e. The van der Waals surface area contributed by atoms with Gasteiger partial charge in [0.1, 0.15) is 5.03 Å². The lowest BCUT2D eigenvalue weighted by molar-refractivity contribution is 0.531. The van der Waals surface area contributed by atoms with Gasteiger partial charge in [-0.1, -0.05) is 0 Å². The summed E-state index contributed by atoms with van der Waals surface area (Å²) in [5.74, 6) is 0. The van der Waals surface area contributed by atoms with Gasteiger partial charge in [-0.05, 0) is 38.1 Å². The van der Waals surface area contributed by atoms with E-state index >= 15 is 0 Å². The van der Waals surface area contributed by atoms with Crippen molar-refractivity contribution in [1.82, 2.24) is 19.9 Å². The number of rotatable bonds is 2. The molecule has 0 spiro atoms. The largest absolute Gasteiger partial charge is 0.317 e. The predicted octanol–water partition coefficient (Wildman–Crippen LogP) is 1.57. The summed E-state index contributed by atoms with van der Waals surface area (Å²) in [6.45, 7) is 2.26. The lowest BCUT2D eigenvalue weighted by atomic mass is 10.2. The zero-order valence-corrected chi connectivity index (χ0v) is 9.78. The number of aromatic nitrogens is 3. The second-order valence-corrected chi connectivity index (χ2v) is 5.29. The van der Waals surface area contributed by atoms with Crippen molar-refractivity contribution in [2.24, 2.45) is 0 Å². The summed E-state index contributed by atoms with van der Waals surface area (Å²) in [5.41, 5.74) is 0.912. The van der Waals surface area contributed by atoms with Crippen LogP contribution in [0, 0.1) is 0 Å². The summed E-state index contributed by atoms with van der Waals surface area (Å²) < 4.78 is 1.84. The summed E-state index contributed by atoms with van der Waals surface area (Å²) in [6.07, 6.45) is 6.13. The van der Waals surface area contributed by atoms with E-state index < -0.39 is 0 Å². The second-order valence-electron chi connectivity index (χ2n) is 3.97. The molecule has 1 aliphatic heterocycles. The lowest BCUT2D eigenvalue weighted by Crippen LogP contribution is -2.29. The molecule has 0 aliphatic carbocycles. The molecule has 1 aliphatic rings. The summed E-state index contributed by atoms with van der Waals surface area (Å²) >= 11 is 1.88. The van der Waals surface area contributed by atoms with Gasteiger partial charge in [0.15, 0.2) is 5.65 Å². The highest BCUT2D eigenvalue weighted by molar-refractivity contribution is 7.99. The SMILES string of the molecule is c1cn2nc(SC3CCNCC3)ccc2n1. The van der Waals surface area contributed by atoms with Gasteiger partial charge in [-0.3, -0.25) is 0 Å². The maximum absolute atomic E-state index is 4.53. The van der Waals surface area contributed by atoms with Crippen molar-refractivity contribution >= 4 is 17.4 Å². The molecule has 4 nitrogen and oxygen atoms in total. The average molecular weight is 234 g/mol. The van der Waals surface area contributed by atoms with E-state index in [1.165, 1.54) is 12.8 Å². The zero-order valence-electron chi connectivity index (χ0n) is 8.97. The first-order valence-corrected chi connectivity index (χ1v) is 6.47. The van der Waals surface area contributed by atoms with E-state index in [0.29, 0.717) is 5.25 Å². The third kappa shape index (κ3) is 2.05. The first-order valence-electron chi connectivity index (χ1n) is 5.59. The monoisotopic (exact) mass is 234 g/mol. The van der Waals surface area contributed by atoms with Crippen LogP contribution in [0.5, 0.6) is 0 Å². The quantitative estimate of drug-likeness (QED) is 0.856. The first-order chi connectivity index (χ1) is 7.92. The number of hydrogen-bond donors (Lipinski definition) is 1. The van der Waals surface area contributed by atoms with Crippen LogP contribution in [0.25, 0.3) is 5.65 Å². The van der Waals surface area contributed by atoms with Crippen molar-refractivity contribution in [3.63, 3.8) is 0 Å². The first kappa shape index (κ1) is 10.1. The van der Waals surface area contributed by atoms with Crippen LogP contribution in [0.3, 0.4) is 0 Å². The fraction of sp³-hybridized carbons (Fsp3) is 0.455. The zero-order chi connectivity index (χ0) is 10.8. The number of fused-ring (bicyclic) bond motifs is 1. The Balaban J connectivity index is 1.77. The highest BCUT2D eigenvalue weighted by atomic mass is 32.2. The number of nitrogens with zero attached hydrogens (tertiary/aromatic N) is 3. The van der Waals surface area contributed by atoms with Crippen LogP contribution >= 0.6 is 11.8 Å². The Hall–Kier alpha value is -1.07. The Labute approximate surface area is 98.4 Å². The normalized spacial score (nSPS) is 18.0. The van der Waals surface area contributed by atoms with Gasteiger partial charge in [0.2, 0.25) is 0 Å². The Morgan fingerprint density at radius 1 is 1.31 bits per heavy atom. The van der Waals surface area contributed by atoms with Gasteiger partial charge in [-0.2, -0.15) is 5.10 Å². The van der Waals surface area contributed by atoms with Crippen molar-refractivity contribution in [3.8, 4) is 0 Å². The lowest BCUT2D eigenvalue weighted by Gasteiger charge is -2.21.